The van der Waals surface area contributed by atoms with Crippen LogP contribution in [0, 0.1) is 0 Å². The molecule has 0 radical (unpaired) electrons. The third-order valence-corrected chi connectivity index (χ3v) is 3.03. The highest BCUT2D eigenvalue weighted by atomic mass is 15.1. The van der Waals surface area contributed by atoms with Crippen LogP contribution in [0.4, 0.5) is 11.4 Å². The maximum absolute atomic E-state index is 3.63. The summed E-state index contributed by atoms with van der Waals surface area (Å²) in [5, 5.41) is 3.63. The molecule has 0 bridgehead atoms. The zero-order valence-electron chi connectivity index (χ0n) is 11.7. The molecule has 17 heavy (non-hydrogen) atoms. The van der Waals surface area contributed by atoms with Crippen molar-refractivity contribution in [3.63, 3.8) is 0 Å². The van der Waals surface area contributed by atoms with Crippen LogP contribution in [0.25, 0.3) is 0 Å². The van der Waals surface area contributed by atoms with Gasteiger partial charge in [0.25, 0.3) is 0 Å². The molecule has 0 saturated carbocycles. The Morgan fingerprint density at radius 3 is 1.94 bits per heavy atom. The Labute approximate surface area is 106 Å². The van der Waals surface area contributed by atoms with E-state index in [0.29, 0.717) is 6.04 Å². The van der Waals surface area contributed by atoms with Crippen LogP contribution in [0.15, 0.2) is 24.3 Å². The minimum atomic E-state index is 0.621. The van der Waals surface area contributed by atoms with Gasteiger partial charge in [-0.1, -0.05) is 26.7 Å². The van der Waals surface area contributed by atoms with Crippen LogP contribution in [0.3, 0.4) is 0 Å². The predicted octanol–water partition coefficient (Wildman–Crippen LogP) is 4.13. The molecule has 0 amide bonds. The first-order valence-electron chi connectivity index (χ1n) is 6.71. The van der Waals surface area contributed by atoms with Crippen molar-refractivity contribution in [2.45, 2.75) is 45.6 Å². The smallest absolute Gasteiger partial charge is 0.0362 e. The van der Waals surface area contributed by atoms with E-state index in [1.807, 2.05) is 0 Å². The zero-order valence-corrected chi connectivity index (χ0v) is 11.7. The van der Waals surface area contributed by atoms with E-state index in [1.165, 1.54) is 37.1 Å². The van der Waals surface area contributed by atoms with Gasteiger partial charge in [-0.05, 0) is 37.1 Å². The minimum Gasteiger partial charge on any atom is -0.382 e. The van der Waals surface area contributed by atoms with Crippen LogP contribution in [-0.4, -0.2) is 20.1 Å². The van der Waals surface area contributed by atoms with E-state index < -0.39 is 0 Å². The Kier molecular flexibility index (Phi) is 5.88. The summed E-state index contributed by atoms with van der Waals surface area (Å²) in [6, 6.07) is 9.30. The molecule has 2 heteroatoms. The Hall–Kier alpha value is -1.18. The van der Waals surface area contributed by atoms with E-state index in [0.717, 1.165) is 0 Å². The second-order valence-electron chi connectivity index (χ2n) is 4.86. The van der Waals surface area contributed by atoms with Gasteiger partial charge in [-0.2, -0.15) is 0 Å². The Morgan fingerprint density at radius 2 is 1.53 bits per heavy atom. The lowest BCUT2D eigenvalue weighted by atomic mass is 10.1. The molecule has 2 nitrogen and oxygen atoms in total. The van der Waals surface area contributed by atoms with Gasteiger partial charge < -0.3 is 10.2 Å². The first-order valence-corrected chi connectivity index (χ1v) is 6.71. The number of anilines is 2. The van der Waals surface area contributed by atoms with Crippen molar-refractivity contribution < 1.29 is 0 Å². The van der Waals surface area contributed by atoms with Crippen LogP contribution < -0.4 is 10.2 Å². The highest BCUT2D eigenvalue weighted by Gasteiger charge is 2.06. The second kappa shape index (κ2) is 7.21. The third kappa shape index (κ3) is 4.68. The molecule has 96 valence electrons. The molecule has 0 atom stereocenters. The summed E-state index contributed by atoms with van der Waals surface area (Å²) in [4.78, 5) is 2.12. The number of nitrogens with zero attached hydrogens (tertiary/aromatic N) is 1. The third-order valence-electron chi connectivity index (χ3n) is 3.03. The molecular weight excluding hydrogens is 208 g/mol. The molecule has 1 rings (SSSR count). The predicted molar refractivity (Wildman–Crippen MR) is 78.0 cm³/mol. The van der Waals surface area contributed by atoms with Crippen LogP contribution >= 0.6 is 0 Å². The lowest BCUT2D eigenvalue weighted by molar-refractivity contribution is 0.586. The molecule has 1 N–H and O–H groups in total. The minimum absolute atomic E-state index is 0.621. The van der Waals surface area contributed by atoms with Crippen molar-refractivity contribution in [2.75, 3.05) is 24.3 Å². The summed E-state index contributed by atoms with van der Waals surface area (Å²) in [6.07, 6.45) is 4.99. The average molecular weight is 234 g/mol. The molecule has 0 unspecified atom stereocenters. The molecule has 1 aromatic carbocycles. The van der Waals surface area contributed by atoms with Crippen molar-refractivity contribution in [3.05, 3.63) is 24.3 Å². The van der Waals surface area contributed by atoms with Crippen LogP contribution in [-0.2, 0) is 0 Å². The van der Waals surface area contributed by atoms with Crippen LogP contribution in [0.5, 0.6) is 0 Å². The normalized spacial score (nSPS) is 10.6. The van der Waals surface area contributed by atoms with Gasteiger partial charge >= 0.3 is 0 Å². The first-order chi connectivity index (χ1) is 8.17. The molecule has 0 saturated heterocycles. The van der Waals surface area contributed by atoms with Crippen LogP contribution in [0.1, 0.15) is 39.5 Å². The standard InChI is InChI=1S/C15H26N2/c1-5-7-13(8-6-2)16-14-9-11-15(12-10-14)17(3)4/h9-13,16H,5-8H2,1-4H3. The largest absolute Gasteiger partial charge is 0.382 e. The summed E-state index contributed by atoms with van der Waals surface area (Å²) < 4.78 is 0. The van der Waals surface area contributed by atoms with Gasteiger partial charge in [0.05, 0.1) is 0 Å². The fraction of sp³-hybridized carbons (Fsp3) is 0.600. The van der Waals surface area contributed by atoms with Crippen molar-refractivity contribution in [2.24, 2.45) is 0 Å². The molecular formula is C15H26N2. The van der Waals surface area contributed by atoms with E-state index in [4.69, 9.17) is 0 Å². The second-order valence-corrected chi connectivity index (χ2v) is 4.86. The van der Waals surface area contributed by atoms with Crippen LogP contribution in [0.2, 0.25) is 0 Å². The highest BCUT2D eigenvalue weighted by Crippen LogP contribution is 2.18. The van der Waals surface area contributed by atoms with E-state index in [-0.39, 0.29) is 0 Å². The maximum atomic E-state index is 3.63. The first kappa shape index (κ1) is 13.9. The molecule has 0 fully saturated rings. The number of benzene rings is 1. The SMILES string of the molecule is CCCC(CCC)Nc1ccc(N(C)C)cc1. The van der Waals surface area contributed by atoms with Gasteiger partial charge in [-0.3, -0.25) is 0 Å². The van der Waals surface area contributed by atoms with Gasteiger partial charge in [-0.15, -0.1) is 0 Å². The lowest BCUT2D eigenvalue weighted by Crippen LogP contribution is -2.18. The Balaban J connectivity index is 2.59. The summed E-state index contributed by atoms with van der Waals surface area (Å²) in [5.41, 5.74) is 2.49. The van der Waals surface area contributed by atoms with E-state index in [2.05, 4.69) is 62.4 Å². The fourth-order valence-corrected chi connectivity index (χ4v) is 2.08. The topological polar surface area (TPSA) is 15.3 Å². The molecule has 1 aromatic rings. The highest BCUT2D eigenvalue weighted by molar-refractivity contribution is 5.54. The molecule has 0 aliphatic rings. The van der Waals surface area contributed by atoms with E-state index >= 15 is 0 Å². The number of hydrogen-bond acceptors (Lipinski definition) is 2. The molecule has 0 spiro atoms. The average Bonchev–Trinajstić information content (AvgIpc) is 2.30. The lowest BCUT2D eigenvalue weighted by Gasteiger charge is -2.19. The summed E-state index contributed by atoms with van der Waals surface area (Å²) >= 11 is 0. The number of nitrogens with one attached hydrogen (secondary N) is 1. The van der Waals surface area contributed by atoms with Gasteiger partial charge in [0.1, 0.15) is 0 Å². The van der Waals surface area contributed by atoms with E-state index in [9.17, 15) is 0 Å². The van der Waals surface area contributed by atoms with Gasteiger partial charge in [0, 0.05) is 31.5 Å². The van der Waals surface area contributed by atoms with Gasteiger partial charge in [0.15, 0.2) is 0 Å². The van der Waals surface area contributed by atoms with Gasteiger partial charge in [0.2, 0.25) is 0 Å². The fourth-order valence-electron chi connectivity index (χ4n) is 2.08. The summed E-state index contributed by atoms with van der Waals surface area (Å²) in [6.45, 7) is 4.50. The molecule has 0 aromatic heterocycles. The maximum Gasteiger partial charge on any atom is 0.0362 e. The van der Waals surface area contributed by atoms with Crippen molar-refractivity contribution in [1.29, 1.82) is 0 Å². The quantitative estimate of drug-likeness (QED) is 0.763. The van der Waals surface area contributed by atoms with Gasteiger partial charge in [-0.25, -0.2) is 0 Å². The Bertz CT molecular complexity index is 297. The Morgan fingerprint density at radius 1 is 1.00 bits per heavy atom. The molecule has 0 aliphatic carbocycles. The van der Waals surface area contributed by atoms with Crippen molar-refractivity contribution >= 4 is 11.4 Å². The number of rotatable bonds is 7. The van der Waals surface area contributed by atoms with E-state index in [1.54, 1.807) is 0 Å². The zero-order chi connectivity index (χ0) is 12.7. The summed E-state index contributed by atoms with van der Waals surface area (Å²) in [7, 11) is 4.14. The monoisotopic (exact) mass is 234 g/mol. The molecule has 0 heterocycles. The number of hydrogen-bond donors (Lipinski definition) is 1. The van der Waals surface area contributed by atoms with Crippen molar-refractivity contribution in [3.8, 4) is 0 Å². The van der Waals surface area contributed by atoms with Crippen molar-refractivity contribution in [1.82, 2.24) is 0 Å². The summed E-state index contributed by atoms with van der Waals surface area (Å²) in [5.74, 6) is 0. The molecule has 0 aliphatic heterocycles.